The van der Waals surface area contributed by atoms with Crippen molar-refractivity contribution in [3.8, 4) is 0 Å². The van der Waals surface area contributed by atoms with Gasteiger partial charge in [-0.1, -0.05) is 20.8 Å². The molecule has 0 bridgehead atoms. The lowest BCUT2D eigenvalue weighted by atomic mass is 9.75. The van der Waals surface area contributed by atoms with Crippen molar-refractivity contribution in [2.45, 2.75) is 84.8 Å². The molecule has 140 valence electrons. The molecule has 3 nitrogen and oxygen atoms in total. The summed E-state index contributed by atoms with van der Waals surface area (Å²) in [6.07, 6.45) is 5.58. The van der Waals surface area contributed by atoms with Gasteiger partial charge in [0.15, 0.2) is 0 Å². The molecule has 0 N–H and O–H groups in total. The monoisotopic (exact) mass is 335 g/mol. The number of nitrogens with zero attached hydrogens (tertiary/aromatic N) is 3. The Morgan fingerprint density at radius 2 is 1.29 bits per heavy atom. The average Bonchev–Trinajstić information content (AvgIpc) is 2.45. The van der Waals surface area contributed by atoms with E-state index in [2.05, 4.69) is 56.2 Å². The van der Waals surface area contributed by atoms with Crippen LogP contribution >= 0.6 is 0 Å². The standard InChI is InChI=1S/C21H41N3/c1-20(2,3)17-8-7-11-22(14-17)19-15-23(16-19)18-9-12-24(13-10-18)21(4,5)6/h17-19H,7-16H2,1-6H3. The summed E-state index contributed by atoms with van der Waals surface area (Å²) in [6.45, 7) is 22.3. The summed E-state index contributed by atoms with van der Waals surface area (Å²) in [6, 6.07) is 1.69. The highest BCUT2D eigenvalue weighted by Crippen LogP contribution is 2.35. The van der Waals surface area contributed by atoms with Crippen LogP contribution in [-0.4, -0.2) is 71.6 Å². The summed E-state index contributed by atoms with van der Waals surface area (Å²) >= 11 is 0. The van der Waals surface area contributed by atoms with Crippen molar-refractivity contribution in [1.29, 1.82) is 0 Å². The third kappa shape index (κ3) is 4.16. The lowest BCUT2D eigenvalue weighted by Gasteiger charge is -2.53. The van der Waals surface area contributed by atoms with E-state index in [1.165, 1.54) is 65.0 Å². The predicted octanol–water partition coefficient (Wildman–Crippen LogP) is 3.69. The molecule has 3 fully saturated rings. The molecular formula is C21H41N3. The van der Waals surface area contributed by atoms with E-state index in [9.17, 15) is 0 Å². The van der Waals surface area contributed by atoms with Gasteiger partial charge in [-0.2, -0.15) is 0 Å². The van der Waals surface area contributed by atoms with Crippen LogP contribution in [0.3, 0.4) is 0 Å². The van der Waals surface area contributed by atoms with Gasteiger partial charge in [0.2, 0.25) is 0 Å². The third-order valence-electron chi connectivity index (χ3n) is 7.01. The summed E-state index contributed by atoms with van der Waals surface area (Å²) in [5.74, 6) is 0.885. The number of hydrogen-bond acceptors (Lipinski definition) is 3. The van der Waals surface area contributed by atoms with Gasteiger partial charge in [0.25, 0.3) is 0 Å². The van der Waals surface area contributed by atoms with Crippen LogP contribution in [0.2, 0.25) is 0 Å². The largest absolute Gasteiger partial charge is 0.298 e. The highest BCUT2D eigenvalue weighted by atomic mass is 15.3. The number of hydrogen-bond donors (Lipinski definition) is 0. The summed E-state index contributed by atoms with van der Waals surface area (Å²) in [5, 5.41) is 0. The normalized spacial score (nSPS) is 30.5. The molecule has 3 heterocycles. The zero-order valence-electron chi connectivity index (χ0n) is 17.1. The van der Waals surface area contributed by atoms with Gasteiger partial charge in [0, 0.05) is 50.3 Å². The van der Waals surface area contributed by atoms with Gasteiger partial charge in [-0.05, 0) is 64.3 Å². The molecule has 3 saturated heterocycles. The highest BCUT2D eigenvalue weighted by Gasteiger charge is 2.40. The summed E-state index contributed by atoms with van der Waals surface area (Å²) in [7, 11) is 0. The van der Waals surface area contributed by atoms with Crippen LogP contribution < -0.4 is 0 Å². The van der Waals surface area contributed by atoms with Crippen LogP contribution in [-0.2, 0) is 0 Å². The first-order valence-electron chi connectivity index (χ1n) is 10.4. The Morgan fingerprint density at radius 3 is 1.83 bits per heavy atom. The van der Waals surface area contributed by atoms with Gasteiger partial charge < -0.3 is 0 Å². The Labute approximate surface area is 150 Å². The molecule has 3 heteroatoms. The second kappa shape index (κ2) is 6.89. The molecule has 0 spiro atoms. The summed E-state index contributed by atoms with van der Waals surface area (Å²) < 4.78 is 0. The molecule has 1 atom stereocenters. The van der Waals surface area contributed by atoms with Crippen molar-refractivity contribution in [3.63, 3.8) is 0 Å². The van der Waals surface area contributed by atoms with Crippen molar-refractivity contribution < 1.29 is 0 Å². The van der Waals surface area contributed by atoms with E-state index in [0.717, 1.165) is 18.0 Å². The molecule has 3 rings (SSSR count). The van der Waals surface area contributed by atoms with Crippen molar-refractivity contribution in [2.75, 3.05) is 39.3 Å². The maximum Gasteiger partial charge on any atom is 0.0350 e. The third-order valence-corrected chi connectivity index (χ3v) is 7.01. The smallest absolute Gasteiger partial charge is 0.0350 e. The Morgan fingerprint density at radius 1 is 0.667 bits per heavy atom. The van der Waals surface area contributed by atoms with Crippen LogP contribution in [0.15, 0.2) is 0 Å². The van der Waals surface area contributed by atoms with Crippen LogP contribution in [0.1, 0.15) is 67.2 Å². The number of piperidine rings is 2. The minimum atomic E-state index is 0.345. The molecule has 0 aliphatic carbocycles. The second-order valence-corrected chi connectivity index (χ2v) is 10.7. The molecule has 0 saturated carbocycles. The maximum atomic E-state index is 2.82. The van der Waals surface area contributed by atoms with Crippen molar-refractivity contribution >= 4 is 0 Å². The van der Waals surface area contributed by atoms with Crippen LogP contribution in [0.25, 0.3) is 0 Å². The number of likely N-dealkylation sites (tertiary alicyclic amines) is 3. The molecule has 24 heavy (non-hydrogen) atoms. The van der Waals surface area contributed by atoms with Crippen LogP contribution in [0.5, 0.6) is 0 Å². The minimum absolute atomic E-state index is 0.345. The van der Waals surface area contributed by atoms with Gasteiger partial charge in [-0.3, -0.25) is 14.7 Å². The first kappa shape index (κ1) is 18.7. The fraction of sp³-hybridized carbons (Fsp3) is 1.00. The molecule has 0 aromatic heterocycles. The molecule has 1 unspecified atom stereocenters. The number of rotatable bonds is 2. The average molecular weight is 336 g/mol. The predicted molar refractivity (Wildman–Crippen MR) is 103 cm³/mol. The van der Waals surface area contributed by atoms with E-state index in [1.807, 2.05) is 0 Å². The van der Waals surface area contributed by atoms with Gasteiger partial charge in [0.1, 0.15) is 0 Å². The van der Waals surface area contributed by atoms with E-state index in [0.29, 0.717) is 11.0 Å². The van der Waals surface area contributed by atoms with Gasteiger partial charge in [-0.15, -0.1) is 0 Å². The van der Waals surface area contributed by atoms with Crippen molar-refractivity contribution in [2.24, 2.45) is 11.3 Å². The van der Waals surface area contributed by atoms with Gasteiger partial charge >= 0.3 is 0 Å². The lowest BCUT2D eigenvalue weighted by Crippen LogP contribution is -2.65. The Hall–Kier alpha value is -0.120. The van der Waals surface area contributed by atoms with E-state index >= 15 is 0 Å². The lowest BCUT2D eigenvalue weighted by molar-refractivity contribution is -0.0440. The summed E-state index contributed by atoms with van der Waals surface area (Å²) in [5.41, 5.74) is 0.820. The van der Waals surface area contributed by atoms with Gasteiger partial charge in [0.05, 0.1) is 0 Å². The second-order valence-electron chi connectivity index (χ2n) is 10.7. The zero-order chi connectivity index (χ0) is 17.5. The van der Waals surface area contributed by atoms with Crippen molar-refractivity contribution in [1.82, 2.24) is 14.7 Å². The molecule has 0 amide bonds. The molecular weight excluding hydrogens is 294 g/mol. The fourth-order valence-corrected chi connectivity index (χ4v) is 4.96. The molecule has 0 aromatic rings. The Bertz CT molecular complexity index is 406. The first-order chi connectivity index (χ1) is 11.1. The SMILES string of the molecule is CC(C)(C)C1CCCN(C2CN(C3CCN(C(C)(C)C)CC3)C2)C1. The minimum Gasteiger partial charge on any atom is -0.298 e. The molecule has 3 aliphatic rings. The van der Waals surface area contributed by atoms with E-state index in [4.69, 9.17) is 0 Å². The zero-order valence-corrected chi connectivity index (χ0v) is 17.1. The van der Waals surface area contributed by atoms with E-state index in [-0.39, 0.29) is 0 Å². The molecule has 3 aliphatic heterocycles. The molecule has 0 radical (unpaired) electrons. The highest BCUT2D eigenvalue weighted by molar-refractivity contribution is 4.96. The van der Waals surface area contributed by atoms with E-state index in [1.54, 1.807) is 0 Å². The fourth-order valence-electron chi connectivity index (χ4n) is 4.96. The quantitative estimate of drug-likeness (QED) is 0.762. The van der Waals surface area contributed by atoms with E-state index < -0.39 is 0 Å². The topological polar surface area (TPSA) is 9.72 Å². The van der Waals surface area contributed by atoms with Crippen molar-refractivity contribution in [3.05, 3.63) is 0 Å². The van der Waals surface area contributed by atoms with Crippen LogP contribution in [0.4, 0.5) is 0 Å². The Balaban J connectivity index is 1.43. The summed E-state index contributed by atoms with van der Waals surface area (Å²) in [4.78, 5) is 8.27. The first-order valence-corrected chi connectivity index (χ1v) is 10.4. The van der Waals surface area contributed by atoms with Gasteiger partial charge in [-0.25, -0.2) is 0 Å². The van der Waals surface area contributed by atoms with Crippen LogP contribution in [0, 0.1) is 11.3 Å². The molecule has 0 aromatic carbocycles. The Kier molecular flexibility index (Phi) is 5.36. The maximum absolute atomic E-state index is 2.82.